The molecule has 6 heteroatoms. The van der Waals surface area contributed by atoms with Crippen LogP contribution in [0.25, 0.3) is 0 Å². The van der Waals surface area contributed by atoms with E-state index in [2.05, 4.69) is 34.6 Å². The molecule has 26 heavy (non-hydrogen) atoms. The quantitative estimate of drug-likeness (QED) is 0.167. The summed E-state index contributed by atoms with van der Waals surface area (Å²) >= 11 is -5.18. The summed E-state index contributed by atoms with van der Waals surface area (Å²) in [6, 6.07) is 0. The molecule has 0 bridgehead atoms. The fraction of sp³-hybridized carbons (Fsp3) is 1.00. The molecule has 0 aliphatic heterocycles. The number of unbranched alkanes of at least 4 members (excludes halogenated alkanes) is 5. The van der Waals surface area contributed by atoms with E-state index in [1.165, 1.54) is 0 Å². The van der Waals surface area contributed by atoms with Gasteiger partial charge >= 0.3 is 166 Å². The molecular formula is C20H45O5Ta. The average Bonchev–Trinajstić information content (AvgIpc) is 2.63. The van der Waals surface area contributed by atoms with E-state index in [0.717, 1.165) is 64.2 Å². The summed E-state index contributed by atoms with van der Waals surface area (Å²) < 4.78 is 31.8. The molecule has 0 heterocycles. The molecule has 0 N–H and O–H groups in total. The summed E-state index contributed by atoms with van der Waals surface area (Å²) in [4.78, 5) is 0. The second-order valence-electron chi connectivity index (χ2n) is 6.68. The van der Waals surface area contributed by atoms with Crippen LogP contribution in [0.2, 0.25) is 0 Å². The van der Waals surface area contributed by atoms with E-state index in [4.69, 9.17) is 16.2 Å². The summed E-state index contributed by atoms with van der Waals surface area (Å²) in [6.07, 6.45) is 10.0. The van der Waals surface area contributed by atoms with E-state index < -0.39 is 17.8 Å². The van der Waals surface area contributed by atoms with Gasteiger partial charge in [-0.15, -0.1) is 0 Å². The number of hydrogen-bond acceptors (Lipinski definition) is 5. The van der Waals surface area contributed by atoms with Gasteiger partial charge < -0.3 is 0 Å². The summed E-state index contributed by atoms with van der Waals surface area (Å²) in [5, 5.41) is 0. The molecular weight excluding hydrogens is 501 g/mol. The van der Waals surface area contributed by atoms with Crippen molar-refractivity contribution in [3.05, 3.63) is 0 Å². The third kappa shape index (κ3) is 10.8. The van der Waals surface area contributed by atoms with Gasteiger partial charge in [0, 0.05) is 0 Å². The van der Waals surface area contributed by atoms with Crippen molar-refractivity contribution >= 4 is 0 Å². The molecule has 0 spiro atoms. The van der Waals surface area contributed by atoms with Gasteiger partial charge in [-0.2, -0.15) is 0 Å². The normalized spacial score (nSPS) is 13.7. The van der Waals surface area contributed by atoms with Crippen molar-refractivity contribution in [1.29, 1.82) is 0 Å². The molecule has 0 rings (SSSR count). The van der Waals surface area contributed by atoms with Crippen LogP contribution in [0.1, 0.15) is 98.8 Å². The maximum absolute atomic E-state index is 6.37. The van der Waals surface area contributed by atoms with Crippen LogP contribution in [0.15, 0.2) is 0 Å². The molecule has 0 unspecified atom stereocenters. The SMILES string of the molecule is CCCC[O][Ta]([O]CCCC)([O]CCCC)([O]CCCC)[O]CCCC. The van der Waals surface area contributed by atoms with Gasteiger partial charge in [-0.25, -0.2) is 0 Å². The van der Waals surface area contributed by atoms with Gasteiger partial charge in [-0.1, -0.05) is 0 Å². The first-order chi connectivity index (χ1) is 12.6. The van der Waals surface area contributed by atoms with Crippen LogP contribution >= 0.6 is 0 Å². The second-order valence-corrected chi connectivity index (χ2v) is 16.7. The monoisotopic (exact) mass is 546 g/mol. The van der Waals surface area contributed by atoms with Crippen LogP contribution in [0, 0.1) is 0 Å². The molecule has 0 aromatic carbocycles. The van der Waals surface area contributed by atoms with Gasteiger partial charge in [-0.05, 0) is 0 Å². The Morgan fingerprint density at radius 1 is 0.385 bits per heavy atom. The minimum atomic E-state index is -5.18. The van der Waals surface area contributed by atoms with Crippen molar-refractivity contribution in [3.63, 3.8) is 0 Å². The molecule has 0 amide bonds. The zero-order valence-electron chi connectivity index (χ0n) is 18.1. The Labute approximate surface area is 165 Å². The number of rotatable bonds is 20. The van der Waals surface area contributed by atoms with E-state index in [9.17, 15) is 0 Å². The predicted molar refractivity (Wildman–Crippen MR) is 104 cm³/mol. The van der Waals surface area contributed by atoms with Crippen molar-refractivity contribution in [3.8, 4) is 0 Å². The van der Waals surface area contributed by atoms with Gasteiger partial charge in [0.15, 0.2) is 0 Å². The van der Waals surface area contributed by atoms with Crippen molar-refractivity contribution in [2.45, 2.75) is 98.8 Å². The first kappa shape index (κ1) is 26.5. The molecule has 0 radical (unpaired) electrons. The van der Waals surface area contributed by atoms with Crippen LogP contribution in [0.5, 0.6) is 0 Å². The molecule has 5 nitrogen and oxygen atoms in total. The predicted octanol–water partition coefficient (Wildman–Crippen LogP) is 6.33. The maximum atomic E-state index is 6.37. The zero-order valence-corrected chi connectivity index (χ0v) is 21.3. The standard InChI is InChI=1S/5C4H9O.Ta/c5*1-2-3-4-5;/h5*2-4H2,1H3;/q5*-1;+5. The van der Waals surface area contributed by atoms with Crippen LogP contribution in [-0.4, -0.2) is 33.0 Å². The van der Waals surface area contributed by atoms with Gasteiger partial charge in [-0.3, -0.25) is 0 Å². The molecule has 0 aromatic rings. The molecule has 0 atom stereocenters. The van der Waals surface area contributed by atoms with Gasteiger partial charge in [0.25, 0.3) is 0 Å². The molecule has 0 saturated heterocycles. The fourth-order valence-corrected chi connectivity index (χ4v) is 12.5. The molecule has 0 fully saturated rings. The van der Waals surface area contributed by atoms with Crippen molar-refractivity contribution in [2.24, 2.45) is 0 Å². The molecule has 0 aliphatic carbocycles. The Balaban J connectivity index is 5.49. The Bertz CT molecular complexity index is 239. The van der Waals surface area contributed by atoms with E-state index in [0.29, 0.717) is 33.0 Å². The Hall–Kier alpha value is 0.540. The van der Waals surface area contributed by atoms with E-state index in [1.54, 1.807) is 0 Å². The number of hydrogen-bond donors (Lipinski definition) is 0. The second kappa shape index (κ2) is 16.5. The summed E-state index contributed by atoms with van der Waals surface area (Å²) in [6.45, 7) is 13.6. The molecule has 160 valence electrons. The van der Waals surface area contributed by atoms with Gasteiger partial charge in [0.2, 0.25) is 0 Å². The summed E-state index contributed by atoms with van der Waals surface area (Å²) in [7, 11) is 0. The summed E-state index contributed by atoms with van der Waals surface area (Å²) in [5.41, 5.74) is 0. The van der Waals surface area contributed by atoms with Crippen molar-refractivity contribution in [2.75, 3.05) is 33.0 Å². The molecule has 0 aliphatic rings. The molecule has 0 saturated carbocycles. The van der Waals surface area contributed by atoms with Crippen LogP contribution in [0.3, 0.4) is 0 Å². The average molecular weight is 547 g/mol. The molecule has 0 aromatic heterocycles. The zero-order chi connectivity index (χ0) is 19.6. The third-order valence-electron chi connectivity index (χ3n) is 4.00. The van der Waals surface area contributed by atoms with Crippen molar-refractivity contribution < 1.29 is 34.0 Å². The first-order valence-electron chi connectivity index (χ1n) is 10.9. The van der Waals surface area contributed by atoms with E-state index in [-0.39, 0.29) is 0 Å². The third-order valence-corrected chi connectivity index (χ3v) is 14.9. The van der Waals surface area contributed by atoms with Crippen LogP contribution in [0.4, 0.5) is 0 Å². The van der Waals surface area contributed by atoms with Gasteiger partial charge in [0.1, 0.15) is 0 Å². The minimum absolute atomic E-state index is 0.570. The Kier molecular flexibility index (Phi) is 16.8. The Morgan fingerprint density at radius 2 is 0.577 bits per heavy atom. The van der Waals surface area contributed by atoms with E-state index in [1.807, 2.05) is 0 Å². The first-order valence-corrected chi connectivity index (χ1v) is 17.5. The van der Waals surface area contributed by atoms with Crippen LogP contribution < -0.4 is 0 Å². The topological polar surface area (TPSA) is 46.2 Å². The van der Waals surface area contributed by atoms with E-state index >= 15 is 0 Å². The summed E-state index contributed by atoms with van der Waals surface area (Å²) in [5.74, 6) is 0. The van der Waals surface area contributed by atoms with Gasteiger partial charge in [0.05, 0.1) is 0 Å². The Morgan fingerprint density at radius 3 is 0.731 bits per heavy atom. The van der Waals surface area contributed by atoms with Crippen molar-refractivity contribution in [1.82, 2.24) is 0 Å². The van der Waals surface area contributed by atoms with Crippen LogP contribution in [-0.2, 0) is 34.0 Å². The fourth-order valence-electron chi connectivity index (χ4n) is 2.16.